The average molecular weight is 414 g/mol. The standard InChI is InChI=1S/C16H14BrClN2O2S/c1-10-7-13(5-6-14(10)17)22-9-15(21)20-16(23)19-12-4-2-3-11(18)8-12/h2-8H,9H2,1H3,(H2,19,20,21,23). The maximum absolute atomic E-state index is 11.8. The maximum Gasteiger partial charge on any atom is 0.264 e. The second-order valence-corrected chi connectivity index (χ2v) is 6.41. The molecule has 0 atom stereocenters. The van der Waals surface area contributed by atoms with E-state index in [2.05, 4.69) is 26.6 Å². The molecule has 0 aliphatic carbocycles. The highest BCUT2D eigenvalue weighted by molar-refractivity contribution is 9.10. The highest BCUT2D eigenvalue weighted by Crippen LogP contribution is 2.21. The summed E-state index contributed by atoms with van der Waals surface area (Å²) in [5.41, 5.74) is 1.73. The zero-order chi connectivity index (χ0) is 16.8. The first-order chi connectivity index (χ1) is 10.9. The lowest BCUT2D eigenvalue weighted by molar-refractivity contribution is -0.121. The van der Waals surface area contributed by atoms with Crippen LogP contribution in [-0.2, 0) is 4.79 Å². The van der Waals surface area contributed by atoms with E-state index in [0.717, 1.165) is 10.0 Å². The third-order valence-corrected chi connectivity index (χ3v) is 4.16. The Morgan fingerprint density at radius 3 is 2.78 bits per heavy atom. The van der Waals surface area contributed by atoms with Crippen LogP contribution in [0.2, 0.25) is 5.02 Å². The van der Waals surface area contributed by atoms with Gasteiger partial charge in [-0.3, -0.25) is 10.1 Å². The molecule has 120 valence electrons. The van der Waals surface area contributed by atoms with Crippen LogP contribution < -0.4 is 15.4 Å². The van der Waals surface area contributed by atoms with Crippen molar-refractivity contribution < 1.29 is 9.53 Å². The molecule has 0 saturated carbocycles. The molecule has 0 saturated heterocycles. The van der Waals surface area contributed by atoms with Crippen LogP contribution >= 0.6 is 39.7 Å². The number of carbonyl (C=O) groups excluding carboxylic acids is 1. The fourth-order valence-corrected chi connectivity index (χ4v) is 2.42. The largest absolute Gasteiger partial charge is 0.484 e. The number of benzene rings is 2. The van der Waals surface area contributed by atoms with E-state index in [-0.39, 0.29) is 17.6 Å². The molecular formula is C16H14BrClN2O2S. The van der Waals surface area contributed by atoms with Gasteiger partial charge in [0, 0.05) is 15.2 Å². The first kappa shape index (κ1) is 17.7. The molecule has 1 amide bonds. The third kappa shape index (κ3) is 5.82. The SMILES string of the molecule is Cc1cc(OCC(=O)NC(=S)Nc2cccc(Cl)c2)ccc1Br. The van der Waals surface area contributed by atoms with Crippen molar-refractivity contribution in [2.45, 2.75) is 6.92 Å². The third-order valence-electron chi connectivity index (χ3n) is 2.83. The van der Waals surface area contributed by atoms with Crippen LogP contribution in [0, 0.1) is 6.92 Å². The molecule has 7 heteroatoms. The van der Waals surface area contributed by atoms with Crippen molar-refractivity contribution in [3.05, 3.63) is 57.5 Å². The second kappa shape index (κ2) is 8.29. The Morgan fingerprint density at radius 1 is 1.30 bits per heavy atom. The van der Waals surface area contributed by atoms with Crippen molar-refractivity contribution in [2.24, 2.45) is 0 Å². The molecule has 0 aliphatic heterocycles. The average Bonchev–Trinajstić information content (AvgIpc) is 2.48. The fraction of sp³-hybridized carbons (Fsp3) is 0.125. The van der Waals surface area contributed by atoms with Crippen LogP contribution in [0.15, 0.2) is 46.9 Å². The van der Waals surface area contributed by atoms with Crippen molar-refractivity contribution in [1.29, 1.82) is 0 Å². The predicted octanol–water partition coefficient (Wildman–Crippen LogP) is 4.30. The Morgan fingerprint density at radius 2 is 2.09 bits per heavy atom. The fourth-order valence-electron chi connectivity index (χ4n) is 1.75. The number of halogens is 2. The van der Waals surface area contributed by atoms with Gasteiger partial charge in [-0.25, -0.2) is 0 Å². The van der Waals surface area contributed by atoms with Gasteiger partial charge in [-0.2, -0.15) is 0 Å². The quantitative estimate of drug-likeness (QED) is 0.734. The molecule has 0 aromatic heterocycles. The zero-order valence-corrected chi connectivity index (χ0v) is 15.4. The van der Waals surface area contributed by atoms with Gasteiger partial charge in [-0.15, -0.1) is 0 Å². The molecule has 0 unspecified atom stereocenters. The highest BCUT2D eigenvalue weighted by Gasteiger charge is 2.07. The van der Waals surface area contributed by atoms with Crippen LogP contribution in [0.3, 0.4) is 0 Å². The normalized spacial score (nSPS) is 10.0. The Labute approximate surface area is 153 Å². The van der Waals surface area contributed by atoms with Crippen molar-refractivity contribution in [3.8, 4) is 5.75 Å². The smallest absolute Gasteiger partial charge is 0.264 e. The summed E-state index contributed by atoms with van der Waals surface area (Å²) in [6.45, 7) is 1.82. The molecule has 0 radical (unpaired) electrons. The van der Waals surface area contributed by atoms with Crippen LogP contribution in [0.4, 0.5) is 5.69 Å². The summed E-state index contributed by atoms with van der Waals surface area (Å²) >= 11 is 14.4. The van der Waals surface area contributed by atoms with Crippen LogP contribution in [0.1, 0.15) is 5.56 Å². The molecule has 23 heavy (non-hydrogen) atoms. The van der Waals surface area contributed by atoms with E-state index in [9.17, 15) is 4.79 Å². The Kier molecular flexibility index (Phi) is 6.38. The van der Waals surface area contributed by atoms with Gasteiger partial charge in [0.1, 0.15) is 5.75 Å². The van der Waals surface area contributed by atoms with Crippen LogP contribution in [0.5, 0.6) is 5.75 Å². The monoisotopic (exact) mass is 412 g/mol. The number of thiocarbonyl (C=S) groups is 1. The minimum Gasteiger partial charge on any atom is -0.484 e. The molecule has 0 fully saturated rings. The van der Waals surface area contributed by atoms with Crippen LogP contribution in [-0.4, -0.2) is 17.6 Å². The van der Waals surface area contributed by atoms with Crippen LogP contribution in [0.25, 0.3) is 0 Å². The summed E-state index contributed by atoms with van der Waals surface area (Å²) < 4.78 is 6.42. The lowest BCUT2D eigenvalue weighted by Gasteiger charge is -2.11. The van der Waals surface area contributed by atoms with Crippen molar-refractivity contribution in [3.63, 3.8) is 0 Å². The number of carbonyl (C=O) groups is 1. The molecule has 0 spiro atoms. The zero-order valence-electron chi connectivity index (χ0n) is 12.2. The molecule has 2 rings (SSSR count). The van der Waals surface area contributed by atoms with Gasteiger partial charge >= 0.3 is 0 Å². The van der Waals surface area contributed by atoms with E-state index in [1.807, 2.05) is 19.1 Å². The predicted molar refractivity (Wildman–Crippen MR) is 100 cm³/mol. The maximum atomic E-state index is 11.8. The molecule has 0 aliphatic rings. The Bertz CT molecular complexity index is 740. The molecule has 4 nitrogen and oxygen atoms in total. The second-order valence-electron chi connectivity index (χ2n) is 4.71. The minimum atomic E-state index is -0.343. The van der Waals surface area contributed by atoms with Crippen molar-refractivity contribution in [2.75, 3.05) is 11.9 Å². The van der Waals surface area contributed by atoms with Crippen molar-refractivity contribution >= 4 is 56.5 Å². The van der Waals surface area contributed by atoms with E-state index in [0.29, 0.717) is 16.5 Å². The number of anilines is 1. The van der Waals surface area contributed by atoms with E-state index < -0.39 is 0 Å². The Balaban J connectivity index is 1.82. The molecule has 2 aromatic carbocycles. The number of nitrogens with one attached hydrogen (secondary N) is 2. The van der Waals surface area contributed by atoms with E-state index in [4.69, 9.17) is 28.6 Å². The minimum absolute atomic E-state index is 0.127. The molecular weight excluding hydrogens is 400 g/mol. The van der Waals surface area contributed by atoms with Gasteiger partial charge in [0.05, 0.1) is 0 Å². The number of ether oxygens (including phenoxy) is 1. The number of hydrogen-bond acceptors (Lipinski definition) is 3. The highest BCUT2D eigenvalue weighted by atomic mass is 79.9. The number of hydrogen-bond donors (Lipinski definition) is 2. The molecule has 0 heterocycles. The summed E-state index contributed by atoms with van der Waals surface area (Å²) in [5, 5.41) is 6.20. The lowest BCUT2D eigenvalue weighted by Crippen LogP contribution is -2.37. The topological polar surface area (TPSA) is 50.4 Å². The first-order valence-electron chi connectivity index (χ1n) is 6.69. The Hall–Kier alpha value is -1.63. The number of rotatable bonds is 4. The lowest BCUT2D eigenvalue weighted by atomic mass is 10.2. The summed E-state index contributed by atoms with van der Waals surface area (Å²) in [4.78, 5) is 11.8. The first-order valence-corrected chi connectivity index (χ1v) is 8.27. The van der Waals surface area contributed by atoms with Gasteiger partial charge < -0.3 is 10.1 Å². The van der Waals surface area contributed by atoms with E-state index >= 15 is 0 Å². The van der Waals surface area contributed by atoms with Gasteiger partial charge in [-0.1, -0.05) is 33.6 Å². The summed E-state index contributed by atoms with van der Waals surface area (Å²) in [5.74, 6) is 0.277. The molecule has 0 bridgehead atoms. The van der Waals surface area contributed by atoms with Gasteiger partial charge in [0.25, 0.3) is 5.91 Å². The summed E-state index contributed by atoms with van der Waals surface area (Å²) in [6.07, 6.45) is 0. The number of aryl methyl sites for hydroxylation is 1. The van der Waals surface area contributed by atoms with Gasteiger partial charge in [0.2, 0.25) is 0 Å². The molecule has 2 N–H and O–H groups in total. The summed E-state index contributed by atoms with van der Waals surface area (Å²) in [7, 11) is 0. The summed E-state index contributed by atoms with van der Waals surface area (Å²) in [6, 6.07) is 12.5. The van der Waals surface area contributed by atoms with Gasteiger partial charge in [0.15, 0.2) is 11.7 Å². The number of amides is 1. The van der Waals surface area contributed by atoms with Crippen molar-refractivity contribution in [1.82, 2.24) is 5.32 Å². The van der Waals surface area contributed by atoms with Gasteiger partial charge in [-0.05, 0) is 61.1 Å². The van der Waals surface area contributed by atoms with E-state index in [1.165, 1.54) is 0 Å². The van der Waals surface area contributed by atoms with E-state index in [1.54, 1.807) is 30.3 Å². The molecule has 2 aromatic rings.